The quantitative estimate of drug-likeness (QED) is 0.659. The first kappa shape index (κ1) is 10.2. The SMILES string of the molecule is CC(CN1CCC(=O)CC1)C(N)=O. The number of ketones is 1. The number of hydrogen-bond donors (Lipinski definition) is 1. The molecule has 0 aromatic heterocycles. The third-order valence-corrected chi connectivity index (χ3v) is 2.43. The van der Waals surface area contributed by atoms with Gasteiger partial charge in [0, 0.05) is 38.4 Å². The maximum absolute atomic E-state index is 10.9. The fraction of sp³-hybridized carbons (Fsp3) is 0.778. The normalized spacial score (nSPS) is 21.5. The third kappa shape index (κ3) is 3.14. The summed E-state index contributed by atoms with van der Waals surface area (Å²) in [6.45, 7) is 4.05. The summed E-state index contributed by atoms with van der Waals surface area (Å²) < 4.78 is 0. The maximum Gasteiger partial charge on any atom is 0.221 e. The molecule has 0 spiro atoms. The number of carbonyl (C=O) groups is 2. The second-order valence-electron chi connectivity index (χ2n) is 3.64. The minimum absolute atomic E-state index is 0.117. The van der Waals surface area contributed by atoms with Crippen LogP contribution >= 0.6 is 0 Å². The zero-order chi connectivity index (χ0) is 9.84. The Morgan fingerprint density at radius 1 is 1.54 bits per heavy atom. The summed E-state index contributed by atoms with van der Waals surface area (Å²) in [6, 6.07) is 0. The lowest BCUT2D eigenvalue weighted by Gasteiger charge is -2.27. The average molecular weight is 184 g/mol. The highest BCUT2D eigenvalue weighted by Crippen LogP contribution is 2.08. The Labute approximate surface area is 78.1 Å². The van der Waals surface area contributed by atoms with Crippen molar-refractivity contribution in [3.8, 4) is 0 Å². The molecular formula is C9H16N2O2. The van der Waals surface area contributed by atoms with E-state index in [0.29, 0.717) is 25.2 Å². The number of amides is 1. The first-order valence-electron chi connectivity index (χ1n) is 4.63. The Morgan fingerprint density at radius 3 is 2.54 bits per heavy atom. The van der Waals surface area contributed by atoms with Gasteiger partial charge in [0.15, 0.2) is 0 Å². The van der Waals surface area contributed by atoms with Gasteiger partial charge in [-0.05, 0) is 0 Å². The van der Waals surface area contributed by atoms with Crippen molar-refractivity contribution in [1.29, 1.82) is 0 Å². The summed E-state index contributed by atoms with van der Waals surface area (Å²) in [7, 11) is 0. The van der Waals surface area contributed by atoms with Crippen LogP contribution < -0.4 is 5.73 Å². The largest absolute Gasteiger partial charge is 0.369 e. The van der Waals surface area contributed by atoms with Gasteiger partial charge in [0.25, 0.3) is 0 Å². The van der Waals surface area contributed by atoms with Crippen molar-refractivity contribution in [3.63, 3.8) is 0 Å². The second-order valence-corrected chi connectivity index (χ2v) is 3.64. The summed E-state index contributed by atoms with van der Waals surface area (Å²) in [6.07, 6.45) is 1.23. The maximum atomic E-state index is 10.9. The molecule has 0 aromatic carbocycles. The van der Waals surface area contributed by atoms with Gasteiger partial charge in [-0.15, -0.1) is 0 Å². The predicted octanol–water partition coefficient (Wildman–Crippen LogP) is -0.227. The number of nitrogens with zero attached hydrogens (tertiary/aromatic N) is 1. The van der Waals surface area contributed by atoms with Crippen molar-refractivity contribution < 1.29 is 9.59 Å². The van der Waals surface area contributed by atoms with Crippen molar-refractivity contribution in [2.75, 3.05) is 19.6 Å². The van der Waals surface area contributed by atoms with E-state index in [9.17, 15) is 9.59 Å². The summed E-state index contributed by atoms with van der Waals surface area (Å²) >= 11 is 0. The van der Waals surface area contributed by atoms with Crippen molar-refractivity contribution in [2.45, 2.75) is 19.8 Å². The molecule has 1 saturated heterocycles. The molecule has 4 nitrogen and oxygen atoms in total. The van der Waals surface area contributed by atoms with Gasteiger partial charge in [-0.1, -0.05) is 6.92 Å². The molecule has 0 radical (unpaired) electrons. The van der Waals surface area contributed by atoms with Crippen LogP contribution in [0.4, 0.5) is 0 Å². The summed E-state index contributed by atoms with van der Waals surface area (Å²) in [5, 5.41) is 0. The molecule has 4 heteroatoms. The van der Waals surface area contributed by atoms with E-state index in [0.717, 1.165) is 13.1 Å². The molecule has 1 atom stereocenters. The van der Waals surface area contributed by atoms with Crippen LogP contribution in [-0.4, -0.2) is 36.2 Å². The minimum Gasteiger partial charge on any atom is -0.369 e. The van der Waals surface area contributed by atoms with E-state index in [2.05, 4.69) is 4.90 Å². The van der Waals surface area contributed by atoms with Crippen LogP contribution in [0, 0.1) is 5.92 Å². The van der Waals surface area contributed by atoms with Gasteiger partial charge in [-0.2, -0.15) is 0 Å². The van der Waals surface area contributed by atoms with E-state index in [1.165, 1.54) is 0 Å². The lowest BCUT2D eigenvalue weighted by atomic mass is 10.1. The van der Waals surface area contributed by atoms with Gasteiger partial charge in [-0.25, -0.2) is 0 Å². The fourth-order valence-electron chi connectivity index (χ4n) is 1.46. The highest BCUT2D eigenvalue weighted by molar-refractivity contribution is 5.79. The van der Waals surface area contributed by atoms with Crippen molar-refractivity contribution in [2.24, 2.45) is 11.7 Å². The van der Waals surface area contributed by atoms with Crippen LogP contribution in [0.2, 0.25) is 0 Å². The van der Waals surface area contributed by atoms with Gasteiger partial charge < -0.3 is 10.6 Å². The molecule has 1 aliphatic heterocycles. The van der Waals surface area contributed by atoms with Crippen LogP contribution in [0.15, 0.2) is 0 Å². The highest BCUT2D eigenvalue weighted by Gasteiger charge is 2.19. The van der Waals surface area contributed by atoms with E-state index >= 15 is 0 Å². The number of likely N-dealkylation sites (tertiary alicyclic amines) is 1. The number of piperidine rings is 1. The molecule has 1 unspecified atom stereocenters. The van der Waals surface area contributed by atoms with Gasteiger partial charge in [0.2, 0.25) is 5.91 Å². The van der Waals surface area contributed by atoms with E-state index in [-0.39, 0.29) is 11.8 Å². The predicted molar refractivity (Wildman–Crippen MR) is 49.0 cm³/mol. The smallest absolute Gasteiger partial charge is 0.221 e. The molecule has 1 rings (SSSR count). The Kier molecular flexibility index (Phi) is 3.42. The first-order chi connectivity index (χ1) is 6.09. The second kappa shape index (κ2) is 4.37. The molecule has 0 saturated carbocycles. The van der Waals surface area contributed by atoms with Gasteiger partial charge >= 0.3 is 0 Å². The van der Waals surface area contributed by atoms with Gasteiger partial charge in [-0.3, -0.25) is 9.59 Å². The molecule has 74 valence electrons. The van der Waals surface area contributed by atoms with Crippen LogP contribution in [-0.2, 0) is 9.59 Å². The van der Waals surface area contributed by atoms with Gasteiger partial charge in [0.05, 0.1) is 0 Å². The van der Waals surface area contributed by atoms with E-state index in [4.69, 9.17) is 5.73 Å². The molecule has 1 heterocycles. The Bertz CT molecular complexity index is 206. The molecule has 1 fully saturated rings. The minimum atomic E-state index is -0.267. The Hall–Kier alpha value is -0.900. The van der Waals surface area contributed by atoms with Crippen LogP contribution in [0.3, 0.4) is 0 Å². The van der Waals surface area contributed by atoms with E-state index < -0.39 is 0 Å². The molecule has 0 aromatic rings. The lowest BCUT2D eigenvalue weighted by molar-refractivity contribution is -0.123. The van der Waals surface area contributed by atoms with E-state index in [1.807, 2.05) is 6.92 Å². The standard InChI is InChI=1S/C9H16N2O2/c1-7(9(10)13)6-11-4-2-8(12)3-5-11/h7H,2-6H2,1H3,(H2,10,13). The number of rotatable bonds is 3. The van der Waals surface area contributed by atoms with Crippen LogP contribution in [0.1, 0.15) is 19.8 Å². The highest BCUT2D eigenvalue weighted by atomic mass is 16.1. The number of primary amides is 1. The van der Waals surface area contributed by atoms with Crippen molar-refractivity contribution >= 4 is 11.7 Å². The van der Waals surface area contributed by atoms with Crippen LogP contribution in [0.5, 0.6) is 0 Å². The molecule has 1 aliphatic rings. The zero-order valence-corrected chi connectivity index (χ0v) is 7.95. The summed E-state index contributed by atoms with van der Waals surface area (Å²) in [5.41, 5.74) is 5.15. The first-order valence-corrected chi connectivity index (χ1v) is 4.63. The number of nitrogens with two attached hydrogens (primary N) is 1. The topological polar surface area (TPSA) is 63.4 Å². The summed E-state index contributed by atoms with van der Waals surface area (Å²) in [4.78, 5) is 23.8. The number of Topliss-reactive ketones (excluding diaryl/α,β-unsaturated/α-hetero) is 1. The Balaban J connectivity index is 2.30. The fourth-order valence-corrected chi connectivity index (χ4v) is 1.46. The van der Waals surface area contributed by atoms with Gasteiger partial charge in [0.1, 0.15) is 5.78 Å². The van der Waals surface area contributed by atoms with Crippen LogP contribution in [0.25, 0.3) is 0 Å². The lowest BCUT2D eigenvalue weighted by Crippen LogP contribution is -2.39. The number of hydrogen-bond acceptors (Lipinski definition) is 3. The molecule has 13 heavy (non-hydrogen) atoms. The summed E-state index contributed by atoms with van der Waals surface area (Å²) in [5.74, 6) is -0.0620. The molecule has 1 amide bonds. The van der Waals surface area contributed by atoms with Crippen molar-refractivity contribution in [3.05, 3.63) is 0 Å². The molecular weight excluding hydrogens is 168 g/mol. The average Bonchev–Trinajstić information content (AvgIpc) is 2.08. The molecule has 0 bridgehead atoms. The van der Waals surface area contributed by atoms with E-state index in [1.54, 1.807) is 0 Å². The van der Waals surface area contributed by atoms with Crippen molar-refractivity contribution in [1.82, 2.24) is 4.90 Å². The monoisotopic (exact) mass is 184 g/mol. The number of carbonyl (C=O) groups excluding carboxylic acids is 2. The molecule has 2 N–H and O–H groups in total. The Morgan fingerprint density at radius 2 is 2.08 bits per heavy atom. The zero-order valence-electron chi connectivity index (χ0n) is 7.95. The third-order valence-electron chi connectivity index (χ3n) is 2.43. The molecule has 0 aliphatic carbocycles.